The molecule has 2 atom stereocenters. The third kappa shape index (κ3) is 4.23. The standard InChI is InChI=1S/C14H28O3/c1-4-6-12(3)11-13(15)14(17-5-2)7-9-16-10-8-14/h12-13,15H,4-11H2,1-3H3. The van der Waals surface area contributed by atoms with Crippen LogP contribution >= 0.6 is 0 Å². The Bertz CT molecular complexity index is 194. The van der Waals surface area contributed by atoms with Gasteiger partial charge >= 0.3 is 0 Å². The Morgan fingerprint density at radius 2 is 1.94 bits per heavy atom. The van der Waals surface area contributed by atoms with Crippen LogP contribution in [0.3, 0.4) is 0 Å². The maximum Gasteiger partial charge on any atom is 0.0983 e. The molecule has 3 nitrogen and oxygen atoms in total. The van der Waals surface area contributed by atoms with E-state index in [-0.39, 0.29) is 11.7 Å². The van der Waals surface area contributed by atoms with E-state index in [1.165, 1.54) is 12.8 Å². The van der Waals surface area contributed by atoms with Crippen LogP contribution in [0.5, 0.6) is 0 Å². The second-order valence-electron chi connectivity index (χ2n) is 5.26. The van der Waals surface area contributed by atoms with E-state index in [1.54, 1.807) is 0 Å². The zero-order valence-electron chi connectivity index (χ0n) is 11.6. The largest absolute Gasteiger partial charge is 0.390 e. The Balaban J connectivity index is 2.55. The van der Waals surface area contributed by atoms with Crippen LogP contribution in [0.25, 0.3) is 0 Å². The van der Waals surface area contributed by atoms with Gasteiger partial charge < -0.3 is 14.6 Å². The highest BCUT2D eigenvalue weighted by atomic mass is 16.5. The monoisotopic (exact) mass is 244 g/mol. The van der Waals surface area contributed by atoms with Crippen molar-refractivity contribution in [1.82, 2.24) is 0 Å². The zero-order chi connectivity index (χ0) is 12.7. The first-order valence-electron chi connectivity index (χ1n) is 7.04. The summed E-state index contributed by atoms with van der Waals surface area (Å²) >= 11 is 0. The van der Waals surface area contributed by atoms with Crippen molar-refractivity contribution in [3.63, 3.8) is 0 Å². The number of hydrogen-bond donors (Lipinski definition) is 1. The molecule has 0 aromatic carbocycles. The lowest BCUT2D eigenvalue weighted by Gasteiger charge is -2.41. The van der Waals surface area contributed by atoms with Crippen molar-refractivity contribution in [1.29, 1.82) is 0 Å². The van der Waals surface area contributed by atoms with Crippen molar-refractivity contribution in [2.75, 3.05) is 19.8 Å². The van der Waals surface area contributed by atoms with E-state index in [1.807, 2.05) is 6.92 Å². The highest BCUT2D eigenvalue weighted by molar-refractivity contribution is 4.91. The molecule has 3 heteroatoms. The fourth-order valence-corrected chi connectivity index (χ4v) is 2.78. The molecule has 0 aliphatic carbocycles. The molecule has 0 spiro atoms. The Labute approximate surface area is 105 Å². The number of aliphatic hydroxyl groups is 1. The second-order valence-corrected chi connectivity index (χ2v) is 5.26. The summed E-state index contributed by atoms with van der Waals surface area (Å²) in [7, 11) is 0. The summed E-state index contributed by atoms with van der Waals surface area (Å²) in [5, 5.41) is 10.5. The normalized spacial score (nSPS) is 23.3. The van der Waals surface area contributed by atoms with Gasteiger partial charge in [-0.25, -0.2) is 0 Å². The van der Waals surface area contributed by atoms with Crippen LogP contribution < -0.4 is 0 Å². The molecule has 1 rings (SSSR count). The van der Waals surface area contributed by atoms with E-state index in [0.29, 0.717) is 25.7 Å². The Morgan fingerprint density at radius 1 is 1.29 bits per heavy atom. The van der Waals surface area contributed by atoms with Crippen LogP contribution in [-0.4, -0.2) is 36.6 Å². The molecular weight excluding hydrogens is 216 g/mol. The van der Waals surface area contributed by atoms with Crippen molar-refractivity contribution >= 4 is 0 Å². The third-order valence-electron chi connectivity index (χ3n) is 3.79. The maximum atomic E-state index is 10.5. The molecule has 0 bridgehead atoms. The maximum absolute atomic E-state index is 10.5. The van der Waals surface area contributed by atoms with E-state index in [2.05, 4.69) is 13.8 Å². The van der Waals surface area contributed by atoms with Gasteiger partial charge in [0.05, 0.1) is 11.7 Å². The van der Waals surface area contributed by atoms with Crippen LogP contribution in [0.1, 0.15) is 52.9 Å². The summed E-state index contributed by atoms with van der Waals surface area (Å²) in [6.45, 7) is 8.48. The van der Waals surface area contributed by atoms with Crippen LogP contribution in [-0.2, 0) is 9.47 Å². The van der Waals surface area contributed by atoms with Gasteiger partial charge in [0.1, 0.15) is 0 Å². The lowest BCUT2D eigenvalue weighted by atomic mass is 9.82. The van der Waals surface area contributed by atoms with Crippen LogP contribution in [0, 0.1) is 5.92 Å². The van der Waals surface area contributed by atoms with Gasteiger partial charge in [-0.05, 0) is 19.3 Å². The average Bonchev–Trinajstić information content (AvgIpc) is 2.30. The third-order valence-corrected chi connectivity index (χ3v) is 3.79. The molecule has 102 valence electrons. The summed E-state index contributed by atoms with van der Waals surface area (Å²) in [6, 6.07) is 0. The zero-order valence-corrected chi connectivity index (χ0v) is 11.6. The van der Waals surface area contributed by atoms with Crippen molar-refractivity contribution in [3.8, 4) is 0 Å². The predicted octanol–water partition coefficient (Wildman–Crippen LogP) is 2.76. The van der Waals surface area contributed by atoms with E-state index >= 15 is 0 Å². The summed E-state index contributed by atoms with van der Waals surface area (Å²) in [5.74, 6) is 0.565. The molecule has 0 saturated carbocycles. The Hall–Kier alpha value is -0.120. The highest BCUT2D eigenvalue weighted by Gasteiger charge is 2.40. The molecule has 1 fully saturated rings. The molecular formula is C14H28O3. The first-order valence-corrected chi connectivity index (χ1v) is 7.04. The minimum atomic E-state index is -0.354. The van der Waals surface area contributed by atoms with Gasteiger partial charge in [-0.3, -0.25) is 0 Å². The lowest BCUT2D eigenvalue weighted by molar-refractivity contribution is -0.169. The average molecular weight is 244 g/mol. The molecule has 2 unspecified atom stereocenters. The highest BCUT2D eigenvalue weighted by Crippen LogP contribution is 2.32. The van der Waals surface area contributed by atoms with Crippen molar-refractivity contribution in [2.24, 2.45) is 5.92 Å². The van der Waals surface area contributed by atoms with Gasteiger partial charge in [0.15, 0.2) is 0 Å². The first kappa shape index (κ1) is 14.9. The first-order chi connectivity index (χ1) is 8.14. The molecule has 1 saturated heterocycles. The SMILES string of the molecule is CCCC(C)CC(O)C1(OCC)CCOCC1. The second kappa shape index (κ2) is 7.34. The van der Waals surface area contributed by atoms with E-state index in [9.17, 15) is 5.11 Å². The van der Waals surface area contributed by atoms with E-state index in [0.717, 1.165) is 19.3 Å². The van der Waals surface area contributed by atoms with Crippen LogP contribution in [0.4, 0.5) is 0 Å². The molecule has 0 radical (unpaired) electrons. The molecule has 1 N–H and O–H groups in total. The van der Waals surface area contributed by atoms with E-state index in [4.69, 9.17) is 9.47 Å². The van der Waals surface area contributed by atoms with Gasteiger partial charge in [-0.1, -0.05) is 26.7 Å². The number of aliphatic hydroxyl groups excluding tert-OH is 1. The fourth-order valence-electron chi connectivity index (χ4n) is 2.78. The molecule has 1 heterocycles. The quantitative estimate of drug-likeness (QED) is 0.748. The number of ether oxygens (including phenoxy) is 2. The lowest BCUT2D eigenvalue weighted by Crippen LogP contribution is -2.49. The van der Waals surface area contributed by atoms with Gasteiger partial charge in [-0.2, -0.15) is 0 Å². The molecule has 0 aromatic heterocycles. The van der Waals surface area contributed by atoms with Crippen molar-refractivity contribution in [3.05, 3.63) is 0 Å². The molecule has 0 aromatic rings. The van der Waals surface area contributed by atoms with Gasteiger partial charge in [0, 0.05) is 32.7 Å². The van der Waals surface area contributed by atoms with Gasteiger partial charge in [0.25, 0.3) is 0 Å². The molecule has 17 heavy (non-hydrogen) atoms. The molecule has 1 aliphatic heterocycles. The summed E-state index contributed by atoms with van der Waals surface area (Å²) < 4.78 is 11.3. The summed E-state index contributed by atoms with van der Waals surface area (Å²) in [6.07, 6.45) is 4.48. The predicted molar refractivity (Wildman–Crippen MR) is 69.1 cm³/mol. The number of hydrogen-bond acceptors (Lipinski definition) is 3. The Kier molecular flexibility index (Phi) is 6.45. The van der Waals surface area contributed by atoms with Crippen LogP contribution in [0.2, 0.25) is 0 Å². The van der Waals surface area contributed by atoms with Crippen molar-refractivity contribution < 1.29 is 14.6 Å². The number of rotatable bonds is 7. The van der Waals surface area contributed by atoms with Gasteiger partial charge in [-0.15, -0.1) is 0 Å². The van der Waals surface area contributed by atoms with Crippen molar-refractivity contribution in [2.45, 2.75) is 64.6 Å². The summed E-state index contributed by atoms with van der Waals surface area (Å²) in [4.78, 5) is 0. The minimum Gasteiger partial charge on any atom is -0.390 e. The topological polar surface area (TPSA) is 38.7 Å². The van der Waals surface area contributed by atoms with E-state index < -0.39 is 0 Å². The summed E-state index contributed by atoms with van der Waals surface area (Å²) in [5.41, 5.74) is -0.352. The van der Waals surface area contributed by atoms with Gasteiger partial charge in [0.2, 0.25) is 0 Å². The fraction of sp³-hybridized carbons (Fsp3) is 1.00. The van der Waals surface area contributed by atoms with Crippen LogP contribution in [0.15, 0.2) is 0 Å². The Morgan fingerprint density at radius 3 is 2.47 bits per heavy atom. The smallest absolute Gasteiger partial charge is 0.0983 e. The molecule has 0 amide bonds. The molecule has 1 aliphatic rings. The minimum absolute atomic E-state index is 0.352.